The molecular formula is C17H16FN9. The summed E-state index contributed by atoms with van der Waals surface area (Å²) in [4.78, 5) is 25.4. The van der Waals surface area contributed by atoms with Crippen LogP contribution < -0.4 is 11.1 Å². The molecule has 4 heterocycles. The maximum atomic E-state index is 13.1. The Labute approximate surface area is 153 Å². The van der Waals surface area contributed by atoms with Crippen molar-refractivity contribution in [2.75, 3.05) is 11.1 Å². The second-order valence-corrected chi connectivity index (χ2v) is 6.05. The average molecular weight is 365 g/mol. The molecule has 0 radical (unpaired) electrons. The van der Waals surface area contributed by atoms with Crippen molar-refractivity contribution < 1.29 is 4.39 Å². The van der Waals surface area contributed by atoms with E-state index in [1.165, 1.54) is 0 Å². The molecule has 27 heavy (non-hydrogen) atoms. The summed E-state index contributed by atoms with van der Waals surface area (Å²) in [5, 5.41) is 3.88. The number of nitrogens with two attached hydrogens (primary N) is 1. The highest BCUT2D eigenvalue weighted by Crippen LogP contribution is 2.30. The van der Waals surface area contributed by atoms with E-state index in [-0.39, 0.29) is 11.9 Å². The number of nitrogens with one attached hydrogen (secondary N) is 1. The summed E-state index contributed by atoms with van der Waals surface area (Å²) in [6.07, 6.45) is 7.40. The number of aromatic nitrogens is 7. The van der Waals surface area contributed by atoms with E-state index in [1.807, 2.05) is 24.7 Å². The SMILES string of the molecule is C[C@H](c1ncc(F)cn1)c1nccc2c(Nc3cn(C)cn3)nc(N)nc12. The van der Waals surface area contributed by atoms with E-state index in [4.69, 9.17) is 5.73 Å². The summed E-state index contributed by atoms with van der Waals surface area (Å²) in [5.74, 6) is 0.879. The molecule has 10 heteroatoms. The van der Waals surface area contributed by atoms with Gasteiger partial charge in [0.1, 0.15) is 23.0 Å². The van der Waals surface area contributed by atoms with Crippen molar-refractivity contribution in [3.63, 3.8) is 0 Å². The summed E-state index contributed by atoms with van der Waals surface area (Å²) in [7, 11) is 1.87. The van der Waals surface area contributed by atoms with Gasteiger partial charge in [-0.15, -0.1) is 0 Å². The molecule has 0 saturated carbocycles. The second-order valence-electron chi connectivity index (χ2n) is 6.05. The van der Waals surface area contributed by atoms with Crippen molar-refractivity contribution in [3.8, 4) is 0 Å². The van der Waals surface area contributed by atoms with Gasteiger partial charge in [-0.3, -0.25) is 4.98 Å². The van der Waals surface area contributed by atoms with Gasteiger partial charge in [0.05, 0.1) is 30.3 Å². The van der Waals surface area contributed by atoms with Gasteiger partial charge in [0.25, 0.3) is 0 Å². The number of aryl methyl sites for hydroxylation is 1. The Morgan fingerprint density at radius 1 is 1.15 bits per heavy atom. The summed E-state index contributed by atoms with van der Waals surface area (Å²) < 4.78 is 14.9. The molecule has 0 aliphatic carbocycles. The fraction of sp³-hybridized carbons (Fsp3) is 0.176. The first-order valence-electron chi connectivity index (χ1n) is 8.16. The first-order valence-corrected chi connectivity index (χ1v) is 8.16. The van der Waals surface area contributed by atoms with Gasteiger partial charge in [0.15, 0.2) is 5.82 Å². The predicted octanol–water partition coefficient (Wildman–Crippen LogP) is 2.16. The Kier molecular flexibility index (Phi) is 4.07. The molecule has 4 aromatic rings. The van der Waals surface area contributed by atoms with Gasteiger partial charge >= 0.3 is 0 Å². The van der Waals surface area contributed by atoms with Crippen LogP contribution in [0.3, 0.4) is 0 Å². The zero-order valence-corrected chi connectivity index (χ0v) is 14.6. The molecule has 0 saturated heterocycles. The number of rotatable bonds is 4. The van der Waals surface area contributed by atoms with Crippen molar-refractivity contribution in [3.05, 3.63) is 54.5 Å². The number of pyridine rings is 1. The zero-order chi connectivity index (χ0) is 19.0. The number of anilines is 3. The fourth-order valence-electron chi connectivity index (χ4n) is 2.77. The highest BCUT2D eigenvalue weighted by atomic mass is 19.1. The van der Waals surface area contributed by atoms with Crippen LogP contribution in [0.2, 0.25) is 0 Å². The molecule has 0 fully saturated rings. The molecule has 4 rings (SSSR count). The van der Waals surface area contributed by atoms with E-state index in [1.54, 1.807) is 18.6 Å². The number of hydrogen-bond donors (Lipinski definition) is 2. The minimum atomic E-state index is -0.495. The smallest absolute Gasteiger partial charge is 0.222 e. The highest BCUT2D eigenvalue weighted by molar-refractivity contribution is 5.92. The third-order valence-electron chi connectivity index (χ3n) is 4.05. The van der Waals surface area contributed by atoms with E-state index in [0.29, 0.717) is 28.7 Å². The quantitative estimate of drug-likeness (QED) is 0.564. The minimum Gasteiger partial charge on any atom is -0.368 e. The Hall–Kier alpha value is -3.69. The lowest BCUT2D eigenvalue weighted by Crippen LogP contribution is -2.08. The second kappa shape index (κ2) is 6.56. The Bertz CT molecular complexity index is 1110. The molecular weight excluding hydrogens is 349 g/mol. The maximum Gasteiger partial charge on any atom is 0.222 e. The summed E-state index contributed by atoms with van der Waals surface area (Å²) in [6, 6.07) is 1.79. The zero-order valence-electron chi connectivity index (χ0n) is 14.6. The molecule has 0 spiro atoms. The van der Waals surface area contributed by atoms with Crippen molar-refractivity contribution in [2.45, 2.75) is 12.8 Å². The van der Waals surface area contributed by atoms with E-state index >= 15 is 0 Å². The van der Waals surface area contributed by atoms with Crippen LogP contribution in [0.1, 0.15) is 24.4 Å². The lowest BCUT2D eigenvalue weighted by atomic mass is 10.0. The van der Waals surface area contributed by atoms with Crippen LogP contribution in [-0.4, -0.2) is 34.5 Å². The number of fused-ring (bicyclic) bond motifs is 1. The van der Waals surface area contributed by atoms with Gasteiger partial charge < -0.3 is 15.6 Å². The molecule has 3 N–H and O–H groups in total. The number of hydrogen-bond acceptors (Lipinski definition) is 8. The van der Waals surface area contributed by atoms with Gasteiger partial charge in [0.2, 0.25) is 5.95 Å². The normalized spacial score (nSPS) is 12.3. The van der Waals surface area contributed by atoms with E-state index < -0.39 is 5.82 Å². The molecule has 0 unspecified atom stereocenters. The largest absolute Gasteiger partial charge is 0.368 e. The van der Waals surface area contributed by atoms with Gasteiger partial charge in [0, 0.05) is 24.8 Å². The van der Waals surface area contributed by atoms with Crippen LogP contribution in [0, 0.1) is 5.82 Å². The summed E-state index contributed by atoms with van der Waals surface area (Å²) >= 11 is 0. The Morgan fingerprint density at radius 3 is 2.63 bits per heavy atom. The average Bonchev–Trinajstić information content (AvgIpc) is 3.06. The lowest BCUT2D eigenvalue weighted by Gasteiger charge is -2.14. The van der Waals surface area contributed by atoms with Crippen molar-refractivity contribution in [2.24, 2.45) is 7.05 Å². The van der Waals surface area contributed by atoms with Crippen molar-refractivity contribution in [1.29, 1.82) is 0 Å². The molecule has 4 aromatic heterocycles. The minimum absolute atomic E-state index is 0.0994. The summed E-state index contributed by atoms with van der Waals surface area (Å²) in [5.41, 5.74) is 7.11. The molecule has 0 aliphatic rings. The van der Waals surface area contributed by atoms with Crippen LogP contribution in [-0.2, 0) is 7.05 Å². The van der Waals surface area contributed by atoms with Gasteiger partial charge in [-0.1, -0.05) is 0 Å². The molecule has 136 valence electrons. The standard InChI is InChI=1S/C17H16FN9/c1-9(15-21-5-10(18)6-22-15)13-14-11(3-4-20-13)16(26-17(19)25-14)24-12-7-27(2)8-23-12/h3-9H,1-2H3,(H3,19,24,25,26)/t9-/m0/s1. The number of nitrogens with zero attached hydrogens (tertiary/aromatic N) is 7. The number of imidazole rings is 1. The van der Waals surface area contributed by atoms with Crippen LogP contribution in [0.25, 0.3) is 10.9 Å². The van der Waals surface area contributed by atoms with Crippen LogP contribution >= 0.6 is 0 Å². The van der Waals surface area contributed by atoms with Gasteiger partial charge in [-0.25, -0.2) is 24.3 Å². The van der Waals surface area contributed by atoms with Crippen LogP contribution in [0.15, 0.2) is 37.2 Å². The first-order chi connectivity index (χ1) is 13.0. The van der Waals surface area contributed by atoms with Gasteiger partial charge in [-0.2, -0.15) is 4.98 Å². The van der Waals surface area contributed by atoms with E-state index in [2.05, 4.69) is 35.2 Å². The lowest BCUT2D eigenvalue weighted by molar-refractivity contribution is 0.605. The third kappa shape index (κ3) is 3.24. The topological polar surface area (TPSA) is 120 Å². The predicted molar refractivity (Wildman–Crippen MR) is 97.7 cm³/mol. The molecule has 0 bridgehead atoms. The Balaban J connectivity index is 1.82. The third-order valence-corrected chi connectivity index (χ3v) is 4.05. The number of nitrogen functional groups attached to an aromatic ring is 1. The van der Waals surface area contributed by atoms with Crippen LogP contribution in [0.4, 0.5) is 22.0 Å². The first kappa shape index (κ1) is 16.8. The Morgan fingerprint density at radius 2 is 1.93 bits per heavy atom. The van der Waals surface area contributed by atoms with E-state index in [0.717, 1.165) is 17.8 Å². The maximum absolute atomic E-state index is 13.1. The number of halogens is 1. The van der Waals surface area contributed by atoms with E-state index in [9.17, 15) is 4.39 Å². The molecule has 0 aromatic carbocycles. The highest BCUT2D eigenvalue weighted by Gasteiger charge is 2.19. The summed E-state index contributed by atoms with van der Waals surface area (Å²) in [6.45, 7) is 1.87. The van der Waals surface area contributed by atoms with Crippen LogP contribution in [0.5, 0.6) is 0 Å². The molecule has 9 nitrogen and oxygen atoms in total. The van der Waals surface area contributed by atoms with Crippen molar-refractivity contribution in [1.82, 2.24) is 34.5 Å². The molecule has 1 atom stereocenters. The molecule has 0 aliphatic heterocycles. The van der Waals surface area contributed by atoms with Crippen molar-refractivity contribution >= 4 is 28.5 Å². The monoisotopic (exact) mass is 365 g/mol. The fourth-order valence-corrected chi connectivity index (χ4v) is 2.77. The molecule has 0 amide bonds. The van der Waals surface area contributed by atoms with Gasteiger partial charge in [-0.05, 0) is 13.0 Å².